The average Bonchev–Trinajstić information content (AvgIpc) is 2.56. The van der Waals surface area contributed by atoms with Gasteiger partial charge in [-0.25, -0.2) is 5.48 Å². The zero-order chi connectivity index (χ0) is 15.9. The molecule has 4 nitrogen and oxygen atoms in total. The Hall–Kier alpha value is -1.33. The normalized spacial score (nSPS) is 12.7. The summed E-state index contributed by atoms with van der Waals surface area (Å²) in [6.07, 6.45) is 0.224. The summed E-state index contributed by atoms with van der Waals surface area (Å²) < 4.78 is 5.92. The van der Waals surface area contributed by atoms with E-state index in [-0.39, 0.29) is 53.9 Å². The molecule has 2 rings (SSSR count). The van der Waals surface area contributed by atoms with Gasteiger partial charge < -0.3 is 4.74 Å². The molecule has 0 fully saturated rings. The summed E-state index contributed by atoms with van der Waals surface area (Å²) in [4.78, 5) is 11.2. The molecule has 2 N–H and O–H groups in total. The number of rotatable bonds is 6. The molecule has 0 aliphatic carbocycles. The molecule has 0 aliphatic rings. The van der Waals surface area contributed by atoms with Crippen molar-refractivity contribution in [2.45, 2.75) is 32.3 Å². The van der Waals surface area contributed by atoms with Gasteiger partial charge in [0, 0.05) is 6.42 Å². The van der Waals surface area contributed by atoms with E-state index in [0.717, 1.165) is 16.9 Å². The molecule has 0 heterocycles. The van der Waals surface area contributed by atoms with Gasteiger partial charge in [-0.3, -0.25) is 10.0 Å². The minimum absolute atomic E-state index is 0. The number of benzene rings is 2. The van der Waals surface area contributed by atoms with E-state index in [1.54, 1.807) is 5.48 Å². The van der Waals surface area contributed by atoms with Crippen LogP contribution in [0, 0.1) is 0 Å². The molecule has 0 aromatic heterocycles. The van der Waals surface area contributed by atoms with Gasteiger partial charge in [-0.1, -0.05) is 49.4 Å². The van der Waals surface area contributed by atoms with Gasteiger partial charge in [-0.05, 0) is 36.1 Å². The first kappa shape index (κ1) is 19.7. The molecule has 5 heteroatoms. The number of hydrogen-bond donors (Lipinski definition) is 2. The van der Waals surface area contributed by atoms with Gasteiger partial charge >= 0.3 is 29.6 Å². The van der Waals surface area contributed by atoms with Crippen LogP contribution in [0.25, 0.3) is 0 Å². The molecule has 118 valence electrons. The summed E-state index contributed by atoms with van der Waals surface area (Å²) >= 11 is 0. The van der Waals surface area contributed by atoms with E-state index in [1.165, 1.54) is 0 Å². The molecule has 0 saturated carbocycles. The van der Waals surface area contributed by atoms with E-state index < -0.39 is 0 Å². The first-order chi connectivity index (χ1) is 10.6. The van der Waals surface area contributed by atoms with Crippen molar-refractivity contribution in [3.63, 3.8) is 0 Å². The van der Waals surface area contributed by atoms with Crippen LogP contribution >= 0.6 is 0 Å². The van der Waals surface area contributed by atoms with Crippen LogP contribution in [0.3, 0.4) is 0 Å². The van der Waals surface area contributed by atoms with E-state index in [0.29, 0.717) is 0 Å². The average molecular weight is 323 g/mol. The SMILES string of the molecule is CC(CC(=O)NO)c1ccc(OC(C)c2ccccc2)cc1.[NaH]. The van der Waals surface area contributed by atoms with Crippen molar-refractivity contribution in [1.29, 1.82) is 0 Å². The van der Waals surface area contributed by atoms with Crippen molar-refractivity contribution in [3.8, 4) is 5.75 Å². The fourth-order valence-electron chi connectivity index (χ4n) is 2.31. The number of carbonyl (C=O) groups excluding carboxylic acids is 1. The second kappa shape index (κ2) is 9.73. The molecule has 0 radical (unpaired) electrons. The number of ether oxygens (including phenoxy) is 1. The van der Waals surface area contributed by atoms with Crippen LogP contribution in [0.15, 0.2) is 54.6 Å². The van der Waals surface area contributed by atoms with Crippen LogP contribution in [-0.2, 0) is 4.79 Å². The number of hydroxylamine groups is 1. The third-order valence-corrected chi connectivity index (χ3v) is 3.65. The van der Waals surface area contributed by atoms with Crippen LogP contribution in [0.2, 0.25) is 0 Å². The molecule has 0 saturated heterocycles. The summed E-state index contributed by atoms with van der Waals surface area (Å²) in [6.45, 7) is 3.95. The summed E-state index contributed by atoms with van der Waals surface area (Å²) in [6, 6.07) is 17.7. The molecule has 2 atom stereocenters. The Kier molecular flexibility index (Phi) is 8.34. The molecule has 2 aromatic carbocycles. The number of hydrogen-bond acceptors (Lipinski definition) is 3. The quantitative estimate of drug-likeness (QED) is 0.488. The fraction of sp³-hybridized carbons (Fsp3) is 0.278. The molecule has 0 spiro atoms. The van der Waals surface area contributed by atoms with Crippen molar-refractivity contribution in [3.05, 3.63) is 65.7 Å². The van der Waals surface area contributed by atoms with E-state index in [2.05, 4.69) is 0 Å². The van der Waals surface area contributed by atoms with Crippen molar-refractivity contribution in [1.82, 2.24) is 5.48 Å². The first-order valence-corrected chi connectivity index (χ1v) is 7.34. The minimum atomic E-state index is -0.384. The summed E-state index contributed by atoms with van der Waals surface area (Å²) in [5.41, 5.74) is 3.81. The Labute approximate surface area is 159 Å². The van der Waals surface area contributed by atoms with Gasteiger partial charge in [0.05, 0.1) is 0 Å². The van der Waals surface area contributed by atoms with E-state index in [4.69, 9.17) is 9.94 Å². The Balaban J connectivity index is 0.00000264. The number of carbonyl (C=O) groups is 1. The number of nitrogens with one attached hydrogen (secondary N) is 1. The van der Waals surface area contributed by atoms with Crippen LogP contribution in [0.4, 0.5) is 0 Å². The molecule has 1 amide bonds. The van der Waals surface area contributed by atoms with Gasteiger partial charge in [-0.15, -0.1) is 0 Å². The molecular formula is C18H22NNaO3. The van der Waals surface area contributed by atoms with Gasteiger partial charge in [-0.2, -0.15) is 0 Å². The van der Waals surface area contributed by atoms with Gasteiger partial charge in [0.25, 0.3) is 0 Å². The molecule has 0 aliphatic heterocycles. The van der Waals surface area contributed by atoms with E-state index >= 15 is 0 Å². The Morgan fingerprint density at radius 1 is 1.04 bits per heavy atom. The van der Waals surface area contributed by atoms with Crippen molar-refractivity contribution < 1.29 is 14.7 Å². The third kappa shape index (κ3) is 5.99. The summed E-state index contributed by atoms with van der Waals surface area (Å²) in [5, 5.41) is 8.56. The molecule has 23 heavy (non-hydrogen) atoms. The van der Waals surface area contributed by atoms with Crippen molar-refractivity contribution in [2.24, 2.45) is 0 Å². The maximum atomic E-state index is 11.2. The van der Waals surface area contributed by atoms with Crippen molar-refractivity contribution in [2.75, 3.05) is 0 Å². The fourth-order valence-corrected chi connectivity index (χ4v) is 2.31. The number of amides is 1. The first-order valence-electron chi connectivity index (χ1n) is 7.34. The second-order valence-electron chi connectivity index (χ2n) is 5.38. The van der Waals surface area contributed by atoms with Gasteiger partial charge in [0.15, 0.2) is 0 Å². The monoisotopic (exact) mass is 323 g/mol. The molecular weight excluding hydrogens is 301 g/mol. The topological polar surface area (TPSA) is 58.6 Å². The van der Waals surface area contributed by atoms with E-state index in [9.17, 15) is 4.79 Å². The van der Waals surface area contributed by atoms with Crippen LogP contribution in [0.1, 0.15) is 43.4 Å². The van der Waals surface area contributed by atoms with E-state index in [1.807, 2.05) is 68.4 Å². The maximum absolute atomic E-state index is 11.2. The molecule has 0 bridgehead atoms. The Morgan fingerprint density at radius 3 is 2.22 bits per heavy atom. The van der Waals surface area contributed by atoms with Gasteiger partial charge in [0.1, 0.15) is 11.9 Å². The standard InChI is InChI=1S/C18H21NO3.Na.H/c1-13(12-18(20)19-21)15-8-10-17(11-9-15)22-14(2)16-6-4-3-5-7-16;;/h3-11,13-14,21H,12H2,1-2H3,(H,19,20);;. The van der Waals surface area contributed by atoms with Crippen LogP contribution < -0.4 is 10.2 Å². The molecule has 2 unspecified atom stereocenters. The summed E-state index contributed by atoms with van der Waals surface area (Å²) in [5.74, 6) is 0.442. The Bertz CT molecular complexity index is 601. The van der Waals surface area contributed by atoms with Gasteiger partial charge in [0.2, 0.25) is 5.91 Å². The molecule has 2 aromatic rings. The van der Waals surface area contributed by atoms with Crippen LogP contribution in [-0.4, -0.2) is 40.7 Å². The second-order valence-corrected chi connectivity index (χ2v) is 5.38. The predicted molar refractivity (Wildman–Crippen MR) is 92.0 cm³/mol. The van der Waals surface area contributed by atoms with Crippen molar-refractivity contribution >= 4 is 35.5 Å². The third-order valence-electron chi connectivity index (χ3n) is 3.65. The zero-order valence-electron chi connectivity index (χ0n) is 12.8. The summed E-state index contributed by atoms with van der Waals surface area (Å²) in [7, 11) is 0. The predicted octanol–water partition coefficient (Wildman–Crippen LogP) is 3.18. The van der Waals surface area contributed by atoms with Crippen LogP contribution in [0.5, 0.6) is 5.75 Å². The zero-order valence-corrected chi connectivity index (χ0v) is 12.8. The Morgan fingerprint density at radius 2 is 1.65 bits per heavy atom.